The minimum absolute atomic E-state index is 0.454. The third kappa shape index (κ3) is 2.06. The molecule has 0 saturated heterocycles. The van der Waals surface area contributed by atoms with Crippen LogP contribution >= 0.6 is 11.6 Å². The monoisotopic (exact) mass is 300 g/mol. The van der Waals surface area contributed by atoms with Gasteiger partial charge in [0.15, 0.2) is 0 Å². The third-order valence-electron chi connectivity index (χ3n) is 4.04. The summed E-state index contributed by atoms with van der Waals surface area (Å²) in [6.45, 7) is 0. The van der Waals surface area contributed by atoms with Gasteiger partial charge in [-0.15, -0.1) is 0 Å². The van der Waals surface area contributed by atoms with E-state index in [0.717, 1.165) is 16.7 Å². The van der Waals surface area contributed by atoms with Gasteiger partial charge in [-0.2, -0.15) is 0 Å². The second kappa shape index (κ2) is 4.72. The first kappa shape index (κ1) is 11.1. The number of benzene rings is 1. The zero-order valence-corrected chi connectivity index (χ0v) is 11.8. The van der Waals surface area contributed by atoms with Crippen LogP contribution in [0.5, 0.6) is 0 Å². The second-order valence-electron chi connectivity index (χ2n) is 5.00. The van der Waals surface area contributed by atoms with Crippen molar-refractivity contribution in [2.75, 3.05) is 0 Å². The summed E-state index contributed by atoms with van der Waals surface area (Å²) in [5.74, 6) is 1.90. The molecule has 0 N–H and O–H groups in total. The summed E-state index contributed by atoms with van der Waals surface area (Å²) >= 11 is 7.13. The zero-order valence-electron chi connectivity index (χ0n) is 9.31. The molecule has 0 heterocycles. The molecule has 3 rings (SSSR count). The molecule has 0 bridgehead atoms. The van der Waals surface area contributed by atoms with E-state index in [4.69, 9.17) is 11.6 Å². The average molecular weight is 300 g/mol. The van der Waals surface area contributed by atoms with Gasteiger partial charge in [-0.1, -0.05) is 0 Å². The Labute approximate surface area is 109 Å². The van der Waals surface area contributed by atoms with Crippen LogP contribution in [0.1, 0.15) is 25.7 Å². The number of halogens is 1. The molecule has 0 aromatic heterocycles. The summed E-state index contributed by atoms with van der Waals surface area (Å²) in [7, 11) is 0. The summed E-state index contributed by atoms with van der Waals surface area (Å²) in [6, 6.07) is 10.9. The van der Waals surface area contributed by atoms with Crippen LogP contribution in [0.2, 0.25) is 4.82 Å². The molecule has 2 aliphatic carbocycles. The van der Waals surface area contributed by atoms with E-state index < -0.39 is 0 Å². The third-order valence-corrected chi connectivity index (χ3v) is 7.96. The first-order chi connectivity index (χ1) is 7.84. The maximum atomic E-state index is 6.55. The fourth-order valence-corrected chi connectivity index (χ4v) is 6.96. The van der Waals surface area contributed by atoms with Gasteiger partial charge < -0.3 is 0 Å². The van der Waals surface area contributed by atoms with Crippen molar-refractivity contribution in [3.8, 4) is 0 Å². The topological polar surface area (TPSA) is 0 Å². The number of fused-ring (bicyclic) bond motifs is 1. The Kier molecular flexibility index (Phi) is 3.29. The molecular weight excluding hydrogens is 283 g/mol. The molecule has 1 aromatic carbocycles. The normalized spacial score (nSPS) is 37.6. The van der Waals surface area contributed by atoms with Crippen LogP contribution in [-0.4, -0.2) is 20.3 Å². The van der Waals surface area contributed by atoms with Gasteiger partial charge in [-0.25, -0.2) is 0 Å². The fourth-order valence-electron chi connectivity index (χ4n) is 3.30. The molecule has 0 spiro atoms. The zero-order chi connectivity index (χ0) is 11.0. The Balaban J connectivity index is 1.74. The van der Waals surface area contributed by atoms with E-state index >= 15 is 0 Å². The Hall–Kier alpha value is 0.0295. The minimum atomic E-state index is 0.454. The average Bonchev–Trinajstić information content (AvgIpc) is 2.84. The maximum absolute atomic E-state index is 6.55. The van der Waals surface area contributed by atoms with Gasteiger partial charge in [0.1, 0.15) is 0 Å². The van der Waals surface area contributed by atoms with E-state index in [1.165, 1.54) is 30.1 Å². The summed E-state index contributed by atoms with van der Waals surface area (Å²) in [4.78, 5) is 0.795. The van der Waals surface area contributed by atoms with Crippen molar-refractivity contribution >= 4 is 31.0 Å². The van der Waals surface area contributed by atoms with Crippen LogP contribution in [0.3, 0.4) is 0 Å². The standard InChI is InChI=1S/C14H17ClSe/c15-13-9-10-5-4-8-12(10)14(13)16-11-6-2-1-3-7-11/h1-3,6-7,10,12-14H,4-5,8-9H2/t10-,12-,13+,14+/m1/s1. The van der Waals surface area contributed by atoms with E-state index in [-0.39, 0.29) is 0 Å². The molecule has 2 saturated carbocycles. The van der Waals surface area contributed by atoms with Crippen LogP contribution < -0.4 is 4.46 Å². The molecule has 0 aliphatic heterocycles. The summed E-state index contributed by atoms with van der Waals surface area (Å²) in [6.07, 6.45) is 5.61. The van der Waals surface area contributed by atoms with Crippen LogP contribution in [0.25, 0.3) is 0 Å². The van der Waals surface area contributed by atoms with Gasteiger partial charge in [-0.05, 0) is 0 Å². The van der Waals surface area contributed by atoms with Gasteiger partial charge in [0.2, 0.25) is 0 Å². The molecule has 0 amide bonds. The van der Waals surface area contributed by atoms with Crippen molar-refractivity contribution < 1.29 is 0 Å². The fraction of sp³-hybridized carbons (Fsp3) is 0.571. The first-order valence-electron chi connectivity index (χ1n) is 6.20. The molecule has 16 heavy (non-hydrogen) atoms. The molecule has 0 nitrogen and oxygen atoms in total. The van der Waals surface area contributed by atoms with Crippen LogP contribution in [0.15, 0.2) is 30.3 Å². The van der Waals surface area contributed by atoms with Gasteiger partial charge in [0, 0.05) is 0 Å². The van der Waals surface area contributed by atoms with Crippen molar-refractivity contribution in [1.82, 2.24) is 0 Å². The number of rotatable bonds is 2. The van der Waals surface area contributed by atoms with E-state index in [2.05, 4.69) is 30.3 Å². The summed E-state index contributed by atoms with van der Waals surface area (Å²) < 4.78 is 1.53. The molecule has 0 unspecified atom stereocenters. The van der Waals surface area contributed by atoms with Crippen molar-refractivity contribution in [2.45, 2.75) is 35.9 Å². The second-order valence-corrected chi connectivity index (χ2v) is 8.19. The van der Waals surface area contributed by atoms with E-state index in [1.54, 1.807) is 0 Å². The first-order valence-corrected chi connectivity index (χ1v) is 8.48. The van der Waals surface area contributed by atoms with Gasteiger partial charge >= 0.3 is 109 Å². The SMILES string of the molecule is Cl[C@H]1C[C@H]2CCC[C@H]2[C@@H]1[Se]c1ccccc1. The van der Waals surface area contributed by atoms with Crippen molar-refractivity contribution in [3.05, 3.63) is 30.3 Å². The van der Waals surface area contributed by atoms with Crippen LogP contribution in [-0.2, 0) is 0 Å². The molecule has 2 heteroatoms. The number of alkyl halides is 1. The molecule has 86 valence electrons. The van der Waals surface area contributed by atoms with Gasteiger partial charge in [0.25, 0.3) is 0 Å². The van der Waals surface area contributed by atoms with Crippen LogP contribution in [0, 0.1) is 11.8 Å². The van der Waals surface area contributed by atoms with Crippen molar-refractivity contribution in [2.24, 2.45) is 11.8 Å². The van der Waals surface area contributed by atoms with Gasteiger partial charge in [0.05, 0.1) is 0 Å². The predicted octanol–water partition coefficient (Wildman–Crippen LogP) is 3.23. The summed E-state index contributed by atoms with van der Waals surface area (Å²) in [5.41, 5.74) is 0. The molecule has 2 fully saturated rings. The molecular formula is C14H17ClSe. The van der Waals surface area contributed by atoms with Crippen molar-refractivity contribution in [1.29, 1.82) is 0 Å². The Morgan fingerprint density at radius 2 is 1.94 bits per heavy atom. The molecule has 4 atom stereocenters. The predicted molar refractivity (Wildman–Crippen MR) is 70.7 cm³/mol. The Bertz CT molecular complexity index is 351. The van der Waals surface area contributed by atoms with E-state index in [0.29, 0.717) is 20.3 Å². The number of hydrogen-bond donors (Lipinski definition) is 0. The Morgan fingerprint density at radius 1 is 1.12 bits per heavy atom. The molecule has 0 radical (unpaired) electrons. The van der Waals surface area contributed by atoms with Gasteiger partial charge in [-0.3, -0.25) is 0 Å². The Morgan fingerprint density at radius 3 is 2.75 bits per heavy atom. The quantitative estimate of drug-likeness (QED) is 0.581. The van der Waals surface area contributed by atoms with Crippen LogP contribution in [0.4, 0.5) is 0 Å². The van der Waals surface area contributed by atoms with Crippen molar-refractivity contribution in [3.63, 3.8) is 0 Å². The van der Waals surface area contributed by atoms with E-state index in [9.17, 15) is 0 Å². The molecule has 2 aliphatic rings. The molecule has 1 aromatic rings. The summed E-state index contributed by atoms with van der Waals surface area (Å²) in [5, 5.41) is 0.454. The number of hydrogen-bond acceptors (Lipinski definition) is 0. The van der Waals surface area contributed by atoms with E-state index in [1.807, 2.05) is 0 Å².